The van der Waals surface area contributed by atoms with Gasteiger partial charge in [0.1, 0.15) is 5.75 Å². The molecule has 11 heteroatoms. The molecule has 1 aromatic carbocycles. The van der Waals surface area contributed by atoms with E-state index in [1.165, 1.54) is 0 Å². The average molecular weight is 560 g/mol. The van der Waals surface area contributed by atoms with Crippen LogP contribution in [0.4, 0.5) is 0 Å². The van der Waals surface area contributed by atoms with Crippen LogP contribution >= 0.6 is 0 Å². The van der Waals surface area contributed by atoms with Gasteiger partial charge < -0.3 is 48.3 Å². The second-order valence-corrected chi connectivity index (χ2v) is 8.35. The summed E-state index contributed by atoms with van der Waals surface area (Å²) in [5.41, 5.74) is 1.07. The van der Waals surface area contributed by atoms with E-state index in [1.54, 1.807) is 12.1 Å². The Morgan fingerprint density at radius 3 is 1.41 bits per heavy atom. The first-order valence-corrected chi connectivity index (χ1v) is 13.9. The summed E-state index contributed by atoms with van der Waals surface area (Å²) >= 11 is 0. The maximum atomic E-state index is 11.8. The Labute approximate surface area is 233 Å². The van der Waals surface area contributed by atoms with Gasteiger partial charge in [0, 0.05) is 26.2 Å². The number of hydrogen-bond donors (Lipinski definition) is 2. The molecule has 0 aliphatic rings. The summed E-state index contributed by atoms with van der Waals surface area (Å²) in [6.45, 7) is 11.1. The number of nitrogens with one attached hydrogen (secondary N) is 1. The standard InChI is InChI=1S/C28H49NO10/c1-2-32-12-13-34-16-17-36-20-21-38-24-25-39-23-22-37-19-18-35-15-14-33-11-3-4-28(31)29-10-9-26-5-7-27(30)8-6-26/h5-8,30H,2-4,9-25H2,1H3,(H,29,31). The van der Waals surface area contributed by atoms with Gasteiger partial charge in [0.05, 0.1) is 92.5 Å². The molecule has 1 aromatic rings. The lowest BCUT2D eigenvalue weighted by Crippen LogP contribution is -2.25. The van der Waals surface area contributed by atoms with Crippen LogP contribution in [0.2, 0.25) is 0 Å². The topological polar surface area (TPSA) is 123 Å². The van der Waals surface area contributed by atoms with Crippen LogP contribution in [0, 0.1) is 0 Å². The minimum absolute atomic E-state index is 0.0127. The van der Waals surface area contributed by atoms with Crippen molar-refractivity contribution in [2.24, 2.45) is 0 Å². The summed E-state index contributed by atoms with van der Waals surface area (Å²) in [5.74, 6) is 0.254. The van der Waals surface area contributed by atoms with Gasteiger partial charge in [0.25, 0.3) is 0 Å². The minimum Gasteiger partial charge on any atom is -0.508 e. The molecule has 0 radical (unpaired) electrons. The van der Waals surface area contributed by atoms with E-state index in [2.05, 4.69) is 5.32 Å². The van der Waals surface area contributed by atoms with Crippen LogP contribution in [-0.4, -0.2) is 123 Å². The van der Waals surface area contributed by atoms with Crippen LogP contribution in [0.15, 0.2) is 24.3 Å². The molecule has 226 valence electrons. The zero-order valence-electron chi connectivity index (χ0n) is 23.6. The van der Waals surface area contributed by atoms with Crippen molar-refractivity contribution in [2.45, 2.75) is 26.2 Å². The number of rotatable bonds is 29. The summed E-state index contributed by atoms with van der Waals surface area (Å²) in [4.78, 5) is 11.8. The summed E-state index contributed by atoms with van der Waals surface area (Å²) < 4.78 is 43.2. The minimum atomic E-state index is 0.0127. The molecule has 0 heterocycles. The van der Waals surface area contributed by atoms with E-state index in [4.69, 9.17) is 37.9 Å². The molecule has 0 unspecified atom stereocenters. The first kappa shape index (κ1) is 35.2. The highest BCUT2D eigenvalue weighted by Crippen LogP contribution is 2.09. The van der Waals surface area contributed by atoms with Crippen LogP contribution in [0.25, 0.3) is 0 Å². The van der Waals surface area contributed by atoms with Crippen molar-refractivity contribution in [2.75, 3.05) is 112 Å². The highest BCUT2D eigenvalue weighted by Gasteiger charge is 2.02. The van der Waals surface area contributed by atoms with Crippen molar-refractivity contribution >= 4 is 5.91 Å². The van der Waals surface area contributed by atoms with Crippen LogP contribution in [0.3, 0.4) is 0 Å². The van der Waals surface area contributed by atoms with Gasteiger partial charge >= 0.3 is 0 Å². The van der Waals surface area contributed by atoms with E-state index in [-0.39, 0.29) is 11.7 Å². The summed E-state index contributed by atoms with van der Waals surface area (Å²) in [6, 6.07) is 6.99. The van der Waals surface area contributed by atoms with Gasteiger partial charge in [-0.25, -0.2) is 0 Å². The van der Waals surface area contributed by atoms with Gasteiger partial charge in [-0.05, 0) is 37.5 Å². The van der Waals surface area contributed by atoms with E-state index in [0.717, 1.165) is 12.0 Å². The molecule has 0 aromatic heterocycles. The molecule has 1 amide bonds. The first-order valence-electron chi connectivity index (χ1n) is 13.9. The molecule has 1 rings (SSSR count). The molecule has 0 bridgehead atoms. The molecular weight excluding hydrogens is 510 g/mol. The van der Waals surface area contributed by atoms with Gasteiger partial charge in [-0.1, -0.05) is 12.1 Å². The van der Waals surface area contributed by atoms with E-state index >= 15 is 0 Å². The smallest absolute Gasteiger partial charge is 0.220 e. The molecule has 0 atom stereocenters. The number of carbonyl (C=O) groups is 1. The molecule has 0 aliphatic carbocycles. The fourth-order valence-corrected chi connectivity index (χ4v) is 3.12. The number of ether oxygens (including phenoxy) is 8. The highest BCUT2D eigenvalue weighted by atomic mass is 16.6. The Balaban J connectivity index is 1.69. The SMILES string of the molecule is CCOCCOCCOCCOCCOCCOCCOCCOCCCC(=O)NCCc1ccc(O)cc1. The Bertz CT molecular complexity index is 662. The number of hydrogen-bond acceptors (Lipinski definition) is 10. The number of amides is 1. The van der Waals surface area contributed by atoms with Crippen LogP contribution in [0.1, 0.15) is 25.3 Å². The van der Waals surface area contributed by atoms with Crippen molar-refractivity contribution in [1.29, 1.82) is 0 Å². The largest absolute Gasteiger partial charge is 0.508 e. The normalized spacial score (nSPS) is 11.2. The molecule has 0 spiro atoms. The number of phenols is 1. The van der Waals surface area contributed by atoms with E-state index in [9.17, 15) is 9.90 Å². The summed E-state index contributed by atoms with van der Waals surface area (Å²) in [6.07, 6.45) is 1.83. The molecule has 0 fully saturated rings. The molecule has 0 aliphatic heterocycles. The lowest BCUT2D eigenvalue weighted by Gasteiger charge is -2.08. The Morgan fingerprint density at radius 1 is 0.615 bits per heavy atom. The highest BCUT2D eigenvalue weighted by molar-refractivity contribution is 5.75. The number of aromatic hydroxyl groups is 1. The molecule has 11 nitrogen and oxygen atoms in total. The number of phenolic OH excluding ortho intramolecular Hbond substituents is 1. The zero-order chi connectivity index (χ0) is 28.1. The lowest BCUT2D eigenvalue weighted by molar-refractivity contribution is -0.121. The van der Waals surface area contributed by atoms with Crippen molar-refractivity contribution in [1.82, 2.24) is 5.32 Å². The number of benzene rings is 1. The van der Waals surface area contributed by atoms with Gasteiger partial charge in [0.2, 0.25) is 5.91 Å². The first-order chi connectivity index (χ1) is 19.2. The molecule has 2 N–H and O–H groups in total. The predicted molar refractivity (Wildman–Crippen MR) is 146 cm³/mol. The maximum Gasteiger partial charge on any atom is 0.220 e. The third-order valence-electron chi connectivity index (χ3n) is 5.17. The average Bonchev–Trinajstić information content (AvgIpc) is 2.94. The van der Waals surface area contributed by atoms with Crippen molar-refractivity contribution in [3.05, 3.63) is 29.8 Å². The Hall–Kier alpha value is -1.83. The van der Waals surface area contributed by atoms with Crippen LogP contribution in [-0.2, 0) is 49.1 Å². The number of carbonyl (C=O) groups excluding carboxylic acids is 1. The van der Waals surface area contributed by atoms with Crippen molar-refractivity contribution in [3.8, 4) is 5.75 Å². The second-order valence-electron chi connectivity index (χ2n) is 8.35. The Morgan fingerprint density at radius 2 is 1.00 bits per heavy atom. The molecule has 0 saturated carbocycles. The van der Waals surface area contributed by atoms with Gasteiger partial charge in [0.15, 0.2) is 0 Å². The third-order valence-corrected chi connectivity index (χ3v) is 5.17. The lowest BCUT2D eigenvalue weighted by atomic mass is 10.1. The quantitative estimate of drug-likeness (QED) is 0.141. The third kappa shape index (κ3) is 24.9. The van der Waals surface area contributed by atoms with Crippen molar-refractivity contribution in [3.63, 3.8) is 0 Å². The fourth-order valence-electron chi connectivity index (χ4n) is 3.12. The van der Waals surface area contributed by atoms with Gasteiger partial charge in [-0.15, -0.1) is 0 Å². The van der Waals surface area contributed by atoms with Crippen LogP contribution in [0.5, 0.6) is 5.75 Å². The van der Waals surface area contributed by atoms with Crippen molar-refractivity contribution < 1.29 is 47.8 Å². The van der Waals surface area contributed by atoms with E-state index in [1.807, 2.05) is 19.1 Å². The maximum absolute atomic E-state index is 11.8. The predicted octanol–water partition coefficient (Wildman–Crippen LogP) is 1.98. The second kappa shape index (κ2) is 27.7. The van der Waals surface area contributed by atoms with Gasteiger partial charge in [-0.2, -0.15) is 0 Å². The summed E-state index contributed by atoms with van der Waals surface area (Å²) in [7, 11) is 0. The molecular formula is C28H49NO10. The molecule has 0 saturated heterocycles. The molecule has 39 heavy (non-hydrogen) atoms. The fraction of sp³-hybridized carbons (Fsp3) is 0.750. The summed E-state index contributed by atoms with van der Waals surface area (Å²) in [5, 5.41) is 12.2. The van der Waals surface area contributed by atoms with E-state index < -0.39 is 0 Å². The monoisotopic (exact) mass is 559 g/mol. The van der Waals surface area contributed by atoms with Crippen LogP contribution < -0.4 is 5.32 Å². The zero-order valence-corrected chi connectivity index (χ0v) is 23.6. The Kier molecular flexibility index (Phi) is 25.0. The van der Waals surface area contributed by atoms with Gasteiger partial charge in [-0.3, -0.25) is 4.79 Å². The van der Waals surface area contributed by atoms with E-state index in [0.29, 0.717) is 125 Å².